The van der Waals surface area contributed by atoms with E-state index in [4.69, 9.17) is 21.4 Å². The molecule has 0 radical (unpaired) electrons. The number of H-pyrrole nitrogens is 1. The molecule has 210 valence electrons. The molecular formula is C28H32ClN7O4. The highest BCUT2D eigenvalue weighted by Gasteiger charge is 2.26. The fourth-order valence-electron chi connectivity index (χ4n) is 5.00. The second kappa shape index (κ2) is 10.8. The van der Waals surface area contributed by atoms with E-state index in [0.29, 0.717) is 59.2 Å². The van der Waals surface area contributed by atoms with Gasteiger partial charge in [-0.15, -0.1) is 0 Å². The van der Waals surface area contributed by atoms with Crippen molar-refractivity contribution >= 4 is 39.4 Å². The van der Waals surface area contributed by atoms with Crippen molar-refractivity contribution in [2.75, 3.05) is 20.3 Å². The number of methoxy groups -OCH3 is 1. The Balaban J connectivity index is 1.75. The number of aryl methyl sites for hydroxylation is 1. The molecule has 0 saturated carbocycles. The molecule has 5 aromatic rings. The second-order valence-corrected chi connectivity index (χ2v) is 10.8. The molecule has 4 aromatic heterocycles. The largest absolute Gasteiger partial charge is 0.383 e. The fraction of sp³-hybridized carbons (Fsp3) is 0.357. The van der Waals surface area contributed by atoms with Gasteiger partial charge in [0, 0.05) is 62.6 Å². The molecule has 5 rings (SSSR count). The predicted molar refractivity (Wildman–Crippen MR) is 155 cm³/mol. The number of nitrogens with one attached hydrogen (secondary N) is 2. The summed E-state index contributed by atoms with van der Waals surface area (Å²) in [7, 11) is 4.86. The van der Waals surface area contributed by atoms with Crippen molar-refractivity contribution in [2.24, 2.45) is 20.0 Å². The van der Waals surface area contributed by atoms with Gasteiger partial charge in [0.1, 0.15) is 11.1 Å². The molecule has 40 heavy (non-hydrogen) atoms. The number of rotatable bonds is 9. The maximum Gasteiger partial charge on any atom is 0.332 e. The van der Waals surface area contributed by atoms with Crippen molar-refractivity contribution < 1.29 is 9.53 Å². The van der Waals surface area contributed by atoms with Crippen LogP contribution in [0.4, 0.5) is 0 Å². The number of amides is 1. The number of aromatic nitrogens is 6. The average Bonchev–Trinajstić information content (AvgIpc) is 3.60. The maximum atomic E-state index is 13.7. The highest BCUT2D eigenvalue weighted by molar-refractivity contribution is 6.31. The minimum atomic E-state index is -0.449. The van der Waals surface area contributed by atoms with Gasteiger partial charge in [0.05, 0.1) is 24.4 Å². The fourth-order valence-corrected chi connectivity index (χ4v) is 5.17. The average molecular weight is 566 g/mol. The molecule has 0 aliphatic rings. The number of hydrogen-bond acceptors (Lipinski definition) is 5. The van der Waals surface area contributed by atoms with Gasteiger partial charge in [0.25, 0.3) is 11.5 Å². The van der Waals surface area contributed by atoms with E-state index in [9.17, 15) is 14.4 Å². The van der Waals surface area contributed by atoms with E-state index < -0.39 is 11.2 Å². The van der Waals surface area contributed by atoms with Gasteiger partial charge in [-0.25, -0.2) is 4.79 Å². The van der Waals surface area contributed by atoms with Gasteiger partial charge in [-0.3, -0.25) is 23.4 Å². The van der Waals surface area contributed by atoms with Crippen molar-refractivity contribution in [2.45, 2.75) is 26.9 Å². The van der Waals surface area contributed by atoms with Crippen LogP contribution in [0, 0.1) is 5.92 Å². The third kappa shape index (κ3) is 4.86. The van der Waals surface area contributed by atoms with Gasteiger partial charge in [-0.05, 0) is 35.7 Å². The number of fused-ring (bicyclic) bond motifs is 2. The van der Waals surface area contributed by atoms with Gasteiger partial charge < -0.3 is 19.6 Å². The van der Waals surface area contributed by atoms with Crippen LogP contribution in [0.2, 0.25) is 5.02 Å². The second-order valence-electron chi connectivity index (χ2n) is 10.3. The molecule has 0 saturated heterocycles. The minimum absolute atomic E-state index is 0.139. The Labute approximate surface area is 234 Å². The molecule has 0 atom stereocenters. The number of ether oxygens (including phenoxy) is 1. The monoisotopic (exact) mass is 565 g/mol. The Morgan fingerprint density at radius 1 is 1.20 bits per heavy atom. The van der Waals surface area contributed by atoms with Gasteiger partial charge in [0.15, 0.2) is 5.65 Å². The lowest BCUT2D eigenvalue weighted by molar-refractivity contribution is 0.0937. The SMILES string of the molecule is COCCNC(=O)c1cc(-c2c3c(=O)n(C)c(=O)n(CC(C)C)c3nn2Cc2c[nH]c3ccc(Cl)cc23)n(C)c1. The van der Waals surface area contributed by atoms with Crippen LogP contribution >= 0.6 is 11.6 Å². The number of halogens is 1. The maximum absolute atomic E-state index is 13.7. The summed E-state index contributed by atoms with van der Waals surface area (Å²) in [6, 6.07) is 7.33. The first-order chi connectivity index (χ1) is 19.1. The Morgan fingerprint density at radius 3 is 2.70 bits per heavy atom. The third-order valence-corrected chi connectivity index (χ3v) is 7.16. The lowest BCUT2D eigenvalue weighted by Crippen LogP contribution is -2.38. The van der Waals surface area contributed by atoms with Gasteiger partial charge in [0.2, 0.25) is 0 Å². The lowest BCUT2D eigenvalue weighted by Gasteiger charge is -2.11. The zero-order chi connectivity index (χ0) is 28.7. The Morgan fingerprint density at radius 2 is 1.98 bits per heavy atom. The van der Waals surface area contributed by atoms with Crippen LogP contribution < -0.4 is 16.6 Å². The summed E-state index contributed by atoms with van der Waals surface area (Å²) in [6.07, 6.45) is 3.59. The molecule has 12 heteroatoms. The van der Waals surface area contributed by atoms with Crippen molar-refractivity contribution in [1.29, 1.82) is 0 Å². The standard InChI is InChI=1S/C28H32ClN7O4/c1-16(2)13-35-25-23(27(38)34(4)28(35)39)24(22-10-17(14-33(22)3)26(37)30-8-9-40-5)36(32-25)15-18-12-31-21-7-6-19(29)11-20(18)21/h6-7,10-12,14,16,31H,8-9,13,15H2,1-5H3,(H,30,37). The summed E-state index contributed by atoms with van der Waals surface area (Å²) in [5, 5.41) is 9.53. The van der Waals surface area contributed by atoms with E-state index in [1.807, 2.05) is 45.3 Å². The van der Waals surface area contributed by atoms with Crippen LogP contribution in [0.5, 0.6) is 0 Å². The number of carbonyl (C=O) groups is 1. The zero-order valence-electron chi connectivity index (χ0n) is 23.1. The first kappa shape index (κ1) is 27.5. The molecule has 11 nitrogen and oxygen atoms in total. The highest BCUT2D eigenvalue weighted by Crippen LogP contribution is 2.30. The number of carbonyl (C=O) groups excluding carboxylic acids is 1. The van der Waals surface area contributed by atoms with Crippen molar-refractivity contribution in [3.63, 3.8) is 0 Å². The Kier molecular flexibility index (Phi) is 7.43. The minimum Gasteiger partial charge on any atom is -0.383 e. The number of benzene rings is 1. The zero-order valence-corrected chi connectivity index (χ0v) is 23.9. The van der Waals surface area contributed by atoms with E-state index in [1.54, 1.807) is 33.2 Å². The van der Waals surface area contributed by atoms with Crippen LogP contribution in [-0.2, 0) is 31.9 Å². The summed E-state index contributed by atoms with van der Waals surface area (Å²) in [4.78, 5) is 43.0. The summed E-state index contributed by atoms with van der Waals surface area (Å²) in [5.41, 5.74) is 2.82. The van der Waals surface area contributed by atoms with E-state index in [2.05, 4.69) is 10.3 Å². The van der Waals surface area contributed by atoms with Crippen molar-refractivity contribution in [1.82, 2.24) is 33.8 Å². The summed E-state index contributed by atoms with van der Waals surface area (Å²) < 4.78 is 11.2. The normalized spacial score (nSPS) is 11.8. The highest BCUT2D eigenvalue weighted by atomic mass is 35.5. The number of nitrogens with zero attached hydrogens (tertiary/aromatic N) is 5. The number of hydrogen-bond donors (Lipinski definition) is 2. The van der Waals surface area contributed by atoms with Crippen LogP contribution in [0.25, 0.3) is 33.3 Å². The van der Waals surface area contributed by atoms with E-state index >= 15 is 0 Å². The Hall–Kier alpha value is -4.09. The lowest BCUT2D eigenvalue weighted by atomic mass is 10.1. The van der Waals surface area contributed by atoms with Crippen LogP contribution in [0.1, 0.15) is 29.8 Å². The molecule has 0 spiro atoms. The molecule has 0 aliphatic heterocycles. The van der Waals surface area contributed by atoms with Gasteiger partial charge in [-0.2, -0.15) is 5.10 Å². The predicted octanol–water partition coefficient (Wildman–Crippen LogP) is 3.12. The topological polar surface area (TPSA) is 121 Å². The molecule has 0 bridgehead atoms. The van der Waals surface area contributed by atoms with Crippen molar-refractivity contribution in [3.8, 4) is 11.4 Å². The molecular weight excluding hydrogens is 534 g/mol. The molecule has 0 aliphatic carbocycles. The van der Waals surface area contributed by atoms with E-state index in [-0.39, 0.29) is 11.8 Å². The van der Waals surface area contributed by atoms with Gasteiger partial charge >= 0.3 is 5.69 Å². The quantitative estimate of drug-likeness (QED) is 0.266. The molecule has 1 amide bonds. The third-order valence-electron chi connectivity index (χ3n) is 6.92. The van der Waals surface area contributed by atoms with E-state index in [1.165, 1.54) is 7.05 Å². The molecule has 1 aromatic carbocycles. The first-order valence-electron chi connectivity index (χ1n) is 13.0. The Bertz CT molecular complexity index is 1850. The molecule has 4 heterocycles. The van der Waals surface area contributed by atoms with Gasteiger partial charge in [-0.1, -0.05) is 25.4 Å². The summed E-state index contributed by atoms with van der Waals surface area (Å²) >= 11 is 6.30. The van der Waals surface area contributed by atoms with Crippen LogP contribution in [-0.4, -0.2) is 54.6 Å². The summed E-state index contributed by atoms with van der Waals surface area (Å²) in [5.74, 6) is -0.120. The smallest absolute Gasteiger partial charge is 0.332 e. The van der Waals surface area contributed by atoms with Crippen molar-refractivity contribution in [3.05, 3.63) is 73.6 Å². The molecule has 2 N–H and O–H groups in total. The number of aromatic amines is 1. The molecule has 0 fully saturated rings. The molecule has 0 unspecified atom stereocenters. The van der Waals surface area contributed by atoms with Crippen LogP contribution in [0.3, 0.4) is 0 Å². The first-order valence-corrected chi connectivity index (χ1v) is 13.4. The summed E-state index contributed by atoms with van der Waals surface area (Å²) in [6.45, 7) is 5.45. The van der Waals surface area contributed by atoms with Crippen LogP contribution in [0.15, 0.2) is 46.2 Å². The van der Waals surface area contributed by atoms with E-state index in [0.717, 1.165) is 21.0 Å².